The molecule has 0 aliphatic heterocycles. The summed E-state index contributed by atoms with van der Waals surface area (Å²) in [5.74, 6) is 0. The number of fused-ring (bicyclic) bond motifs is 1. The molecule has 6 N–H and O–H groups in total. The Morgan fingerprint density at radius 2 is 2.08 bits per heavy atom. The van der Waals surface area contributed by atoms with Gasteiger partial charge in [0.15, 0.2) is 10.5 Å². The molecule has 1 aliphatic carbocycles. The molecule has 0 saturated heterocycles. The number of benzene rings is 1. The van der Waals surface area contributed by atoms with E-state index in [2.05, 4.69) is 15.7 Å². The number of rotatable bonds is 4. The lowest BCUT2D eigenvalue weighted by molar-refractivity contribution is 0.328. The van der Waals surface area contributed by atoms with E-state index in [0.29, 0.717) is 11.1 Å². The van der Waals surface area contributed by atoms with Crippen LogP contribution in [-0.2, 0) is 0 Å². The molecule has 0 radical (unpaired) electrons. The van der Waals surface area contributed by atoms with E-state index >= 15 is 0 Å². The molecule has 1 saturated carbocycles. The smallest absolute Gasteiger partial charge is 0.177 e. The van der Waals surface area contributed by atoms with Crippen molar-refractivity contribution < 1.29 is 0 Å². The molecular formula is C17H21ClN6S2. The zero-order chi connectivity index (χ0) is 17.8. The molecule has 1 aromatic heterocycles. The van der Waals surface area contributed by atoms with Crippen LogP contribution < -0.4 is 17.2 Å². The number of anilines is 1. The molecule has 0 atom stereocenters. The van der Waals surface area contributed by atoms with Crippen molar-refractivity contribution >= 4 is 57.5 Å². The third-order valence-electron chi connectivity index (χ3n) is 4.45. The van der Waals surface area contributed by atoms with E-state index in [9.17, 15) is 0 Å². The highest BCUT2D eigenvalue weighted by molar-refractivity contribution is 8.02. The van der Waals surface area contributed by atoms with E-state index in [4.69, 9.17) is 34.8 Å². The van der Waals surface area contributed by atoms with E-state index in [-0.39, 0.29) is 17.3 Å². The van der Waals surface area contributed by atoms with Crippen molar-refractivity contribution in [3.8, 4) is 5.40 Å². The van der Waals surface area contributed by atoms with Gasteiger partial charge in [-0.05, 0) is 62.2 Å². The minimum atomic E-state index is 0. The minimum Gasteiger partial charge on any atom is -0.382 e. The normalized spacial score (nSPS) is 19.2. The highest BCUT2D eigenvalue weighted by Crippen LogP contribution is 2.31. The van der Waals surface area contributed by atoms with Gasteiger partial charge in [0.2, 0.25) is 0 Å². The highest BCUT2D eigenvalue weighted by atomic mass is 35.5. The fraction of sp³-hybridized carbons (Fsp3) is 0.353. The second-order valence-corrected chi connectivity index (χ2v) is 7.63. The first-order chi connectivity index (χ1) is 12.1. The standard InChI is InChI=1S/C17H18ClN5S2.H3N/c18-11-1-6-14-15(7-8-21-16(14)9-11)22-12-2-4-13(5-3-12)23(17(20)24)25-10-19;/h1,6-9,12-13H,2-5H2,(H2,20,24)(H,21,22);1H3. The van der Waals surface area contributed by atoms with Crippen molar-refractivity contribution in [3.63, 3.8) is 0 Å². The van der Waals surface area contributed by atoms with E-state index in [1.165, 1.54) is 0 Å². The lowest BCUT2D eigenvalue weighted by Crippen LogP contribution is -2.42. The van der Waals surface area contributed by atoms with E-state index in [1.54, 1.807) is 10.5 Å². The van der Waals surface area contributed by atoms with Crippen LogP contribution in [0.15, 0.2) is 30.5 Å². The van der Waals surface area contributed by atoms with Crippen LogP contribution in [-0.4, -0.2) is 26.5 Å². The fourth-order valence-electron chi connectivity index (χ4n) is 3.27. The number of hydrogen-bond donors (Lipinski definition) is 3. The number of nitrogens with one attached hydrogen (secondary N) is 1. The van der Waals surface area contributed by atoms with Crippen LogP contribution in [0, 0.1) is 10.7 Å². The predicted molar refractivity (Wildman–Crippen MR) is 113 cm³/mol. The molecule has 1 aliphatic rings. The summed E-state index contributed by atoms with van der Waals surface area (Å²) in [6, 6.07) is 8.34. The molecular weight excluding hydrogens is 388 g/mol. The molecule has 0 spiro atoms. The third-order valence-corrected chi connectivity index (χ3v) is 5.77. The molecule has 9 heteroatoms. The molecule has 138 valence electrons. The Balaban J connectivity index is 0.00000243. The number of nitrogens with zero attached hydrogens (tertiary/aromatic N) is 3. The second kappa shape index (κ2) is 9.24. The fourth-order valence-corrected chi connectivity index (χ4v) is 4.23. The molecule has 1 heterocycles. The number of nitrogens with two attached hydrogens (primary N) is 1. The highest BCUT2D eigenvalue weighted by Gasteiger charge is 2.27. The number of thiocyanates is 1. The molecule has 1 fully saturated rings. The van der Waals surface area contributed by atoms with Crippen LogP contribution in [0.1, 0.15) is 25.7 Å². The van der Waals surface area contributed by atoms with Gasteiger partial charge in [0, 0.05) is 34.4 Å². The van der Waals surface area contributed by atoms with Gasteiger partial charge in [-0.1, -0.05) is 11.6 Å². The minimum absolute atomic E-state index is 0. The molecule has 2 aromatic rings. The number of pyridine rings is 1. The number of halogens is 1. The second-order valence-electron chi connectivity index (χ2n) is 6.02. The van der Waals surface area contributed by atoms with Crippen molar-refractivity contribution in [1.82, 2.24) is 15.4 Å². The van der Waals surface area contributed by atoms with Crippen molar-refractivity contribution in [2.45, 2.75) is 37.8 Å². The van der Waals surface area contributed by atoms with Gasteiger partial charge in [-0.2, -0.15) is 5.26 Å². The Morgan fingerprint density at radius 3 is 2.73 bits per heavy atom. The zero-order valence-corrected chi connectivity index (χ0v) is 16.6. The average Bonchev–Trinajstić information content (AvgIpc) is 2.60. The molecule has 6 nitrogen and oxygen atoms in total. The third kappa shape index (κ3) is 4.68. The summed E-state index contributed by atoms with van der Waals surface area (Å²) in [5.41, 5.74) is 7.70. The molecule has 0 bridgehead atoms. The summed E-state index contributed by atoms with van der Waals surface area (Å²) in [4.78, 5) is 4.38. The molecule has 3 rings (SSSR count). The predicted octanol–water partition coefficient (Wildman–Crippen LogP) is 4.45. The van der Waals surface area contributed by atoms with Crippen LogP contribution >= 0.6 is 35.8 Å². The summed E-state index contributed by atoms with van der Waals surface area (Å²) in [7, 11) is 0. The number of aromatic nitrogens is 1. The van der Waals surface area contributed by atoms with Crippen LogP contribution in [0.3, 0.4) is 0 Å². The first-order valence-electron chi connectivity index (χ1n) is 8.04. The Hall–Kier alpha value is -1.79. The van der Waals surface area contributed by atoms with Gasteiger partial charge in [0.05, 0.1) is 17.5 Å². The summed E-state index contributed by atoms with van der Waals surface area (Å²) in [5, 5.41) is 16.6. The molecule has 26 heavy (non-hydrogen) atoms. The largest absolute Gasteiger partial charge is 0.382 e. The van der Waals surface area contributed by atoms with Crippen LogP contribution in [0.5, 0.6) is 0 Å². The Morgan fingerprint density at radius 1 is 1.35 bits per heavy atom. The zero-order valence-electron chi connectivity index (χ0n) is 14.2. The SMILES string of the molecule is N.N#CSN(C(N)=S)C1CCC(Nc2ccnc3cc(Cl)ccc23)CC1. The van der Waals surface area contributed by atoms with Crippen molar-refractivity contribution in [3.05, 3.63) is 35.5 Å². The van der Waals surface area contributed by atoms with Crippen molar-refractivity contribution in [1.29, 1.82) is 5.26 Å². The Labute approximate surface area is 167 Å². The van der Waals surface area contributed by atoms with Gasteiger partial charge in [0.25, 0.3) is 0 Å². The first kappa shape index (κ1) is 20.5. The van der Waals surface area contributed by atoms with Gasteiger partial charge in [0.1, 0.15) is 0 Å². The maximum atomic E-state index is 8.91. The summed E-state index contributed by atoms with van der Waals surface area (Å²) < 4.78 is 1.76. The first-order valence-corrected chi connectivity index (χ1v) is 9.60. The molecule has 0 unspecified atom stereocenters. The van der Waals surface area contributed by atoms with Crippen LogP contribution in [0.2, 0.25) is 5.02 Å². The lowest BCUT2D eigenvalue weighted by Gasteiger charge is -2.35. The van der Waals surface area contributed by atoms with Gasteiger partial charge < -0.3 is 17.2 Å². The van der Waals surface area contributed by atoms with E-state index in [1.807, 2.05) is 24.3 Å². The monoisotopic (exact) mass is 408 g/mol. The van der Waals surface area contributed by atoms with Gasteiger partial charge >= 0.3 is 0 Å². The maximum absolute atomic E-state index is 8.91. The van der Waals surface area contributed by atoms with E-state index < -0.39 is 0 Å². The van der Waals surface area contributed by atoms with E-state index in [0.717, 1.165) is 54.2 Å². The average molecular weight is 409 g/mol. The molecule has 1 aromatic carbocycles. The summed E-state index contributed by atoms with van der Waals surface area (Å²) in [6.45, 7) is 0. The number of hydrogen-bond acceptors (Lipinski definition) is 6. The molecule has 0 amide bonds. The van der Waals surface area contributed by atoms with Gasteiger partial charge in [-0.25, -0.2) is 0 Å². The van der Waals surface area contributed by atoms with Crippen LogP contribution in [0.25, 0.3) is 10.9 Å². The Kier molecular flexibility index (Phi) is 7.29. The van der Waals surface area contributed by atoms with Gasteiger partial charge in [-0.3, -0.25) is 9.29 Å². The quantitative estimate of drug-likeness (QED) is 0.386. The number of thiocarbonyl (C=S) groups is 1. The van der Waals surface area contributed by atoms with Crippen molar-refractivity contribution in [2.75, 3.05) is 5.32 Å². The Bertz CT molecular complexity index is 816. The maximum Gasteiger partial charge on any atom is 0.177 e. The summed E-state index contributed by atoms with van der Waals surface area (Å²) >= 11 is 12.1. The van der Waals surface area contributed by atoms with Crippen LogP contribution in [0.4, 0.5) is 5.69 Å². The summed E-state index contributed by atoms with van der Waals surface area (Å²) in [6.07, 6.45) is 5.67. The lowest BCUT2D eigenvalue weighted by atomic mass is 9.91. The topological polar surface area (TPSA) is 113 Å². The van der Waals surface area contributed by atoms with Gasteiger partial charge in [-0.15, -0.1) is 0 Å². The van der Waals surface area contributed by atoms with Crippen molar-refractivity contribution in [2.24, 2.45) is 5.73 Å². The number of nitriles is 1.